The molecule has 0 aliphatic carbocycles. The lowest BCUT2D eigenvalue weighted by Gasteiger charge is -2.41. The maximum absolute atomic E-state index is 10.9. The van der Waals surface area contributed by atoms with Gasteiger partial charge in [-0.3, -0.25) is 4.90 Å². The number of nitrogens with zero attached hydrogens (tertiary/aromatic N) is 2. The third-order valence-electron chi connectivity index (χ3n) is 6.36. The summed E-state index contributed by atoms with van der Waals surface area (Å²) >= 11 is 6.14. The van der Waals surface area contributed by atoms with Crippen LogP contribution in [-0.2, 0) is 6.42 Å². The largest absolute Gasteiger partial charge is 0.391 e. The van der Waals surface area contributed by atoms with Gasteiger partial charge in [-0.15, -0.1) is 0 Å². The Kier molecular flexibility index (Phi) is 8.40. The molecule has 0 amide bonds. The lowest BCUT2D eigenvalue weighted by atomic mass is 9.91. The lowest BCUT2D eigenvalue weighted by Crippen LogP contribution is -2.53. The fraction of sp³-hybridized carbons (Fsp3) is 0.520. The molecule has 3 nitrogen and oxygen atoms in total. The standard InChI is InChI=1S/C25H35ClN2O/c1-20(9-6-7-12-22-10-4-3-5-11-22)25(29)21(2)27-15-17-28(18-16-27)24-14-8-13-23(26)19-24/h3-5,8,10-11,13-14,19-21,25,29H,6-7,9,12,15-18H2,1-2H3. The second-order valence-electron chi connectivity index (χ2n) is 8.44. The van der Waals surface area contributed by atoms with E-state index in [1.165, 1.54) is 24.1 Å². The van der Waals surface area contributed by atoms with Gasteiger partial charge in [-0.05, 0) is 55.9 Å². The molecule has 3 unspecified atom stereocenters. The Morgan fingerprint density at radius 2 is 1.66 bits per heavy atom. The number of halogens is 1. The number of rotatable bonds is 9. The van der Waals surface area contributed by atoms with Crippen molar-refractivity contribution in [2.24, 2.45) is 5.92 Å². The van der Waals surface area contributed by atoms with Crippen molar-refractivity contribution in [3.05, 3.63) is 65.2 Å². The van der Waals surface area contributed by atoms with Gasteiger partial charge in [0, 0.05) is 42.9 Å². The maximum Gasteiger partial charge on any atom is 0.0718 e. The minimum atomic E-state index is -0.274. The molecule has 0 saturated carbocycles. The van der Waals surface area contributed by atoms with Crippen molar-refractivity contribution in [1.82, 2.24) is 4.90 Å². The second-order valence-corrected chi connectivity index (χ2v) is 8.88. The van der Waals surface area contributed by atoms with Crippen LogP contribution in [0.4, 0.5) is 5.69 Å². The highest BCUT2D eigenvalue weighted by molar-refractivity contribution is 6.30. The molecule has 158 valence electrons. The summed E-state index contributed by atoms with van der Waals surface area (Å²) in [5.41, 5.74) is 2.60. The molecule has 29 heavy (non-hydrogen) atoms. The van der Waals surface area contributed by atoms with Crippen LogP contribution in [0, 0.1) is 5.92 Å². The Morgan fingerprint density at radius 1 is 0.931 bits per heavy atom. The SMILES string of the molecule is CC(CCCCc1ccccc1)C(O)C(C)N1CCN(c2cccc(Cl)c2)CC1. The Hall–Kier alpha value is -1.55. The summed E-state index contributed by atoms with van der Waals surface area (Å²) in [7, 11) is 0. The van der Waals surface area contributed by atoms with Gasteiger partial charge >= 0.3 is 0 Å². The number of hydrogen-bond donors (Lipinski definition) is 1. The molecule has 0 spiro atoms. The lowest BCUT2D eigenvalue weighted by molar-refractivity contribution is 0.0175. The average Bonchev–Trinajstić information content (AvgIpc) is 2.76. The molecule has 1 fully saturated rings. The number of unbranched alkanes of at least 4 members (excludes halogenated alkanes) is 1. The third kappa shape index (κ3) is 6.47. The molecule has 1 heterocycles. The maximum atomic E-state index is 10.9. The van der Waals surface area contributed by atoms with E-state index in [0.717, 1.165) is 44.0 Å². The molecular formula is C25H35ClN2O. The molecule has 1 saturated heterocycles. The minimum absolute atomic E-state index is 0.195. The van der Waals surface area contributed by atoms with Gasteiger partial charge in [0.25, 0.3) is 0 Å². The number of hydrogen-bond acceptors (Lipinski definition) is 3. The van der Waals surface area contributed by atoms with Gasteiger partial charge in [0.15, 0.2) is 0 Å². The van der Waals surface area contributed by atoms with Crippen LogP contribution in [0.5, 0.6) is 0 Å². The van der Waals surface area contributed by atoms with Crippen molar-refractivity contribution >= 4 is 17.3 Å². The molecule has 4 heteroatoms. The zero-order valence-corrected chi connectivity index (χ0v) is 18.6. The molecule has 3 rings (SSSR count). The van der Waals surface area contributed by atoms with Crippen LogP contribution in [0.1, 0.15) is 38.7 Å². The zero-order valence-electron chi connectivity index (χ0n) is 17.8. The molecule has 2 aromatic carbocycles. The summed E-state index contributed by atoms with van der Waals surface area (Å²) < 4.78 is 0. The highest BCUT2D eigenvalue weighted by atomic mass is 35.5. The molecule has 0 radical (unpaired) electrons. The summed E-state index contributed by atoms with van der Waals surface area (Å²) in [5, 5.41) is 11.7. The highest BCUT2D eigenvalue weighted by Crippen LogP contribution is 2.24. The Bertz CT molecular complexity index is 731. The Balaban J connectivity index is 1.39. The molecule has 0 aromatic heterocycles. The Labute approximate surface area is 181 Å². The first-order valence-corrected chi connectivity index (χ1v) is 11.4. The first-order valence-electron chi connectivity index (χ1n) is 11.0. The van der Waals surface area contributed by atoms with E-state index in [4.69, 9.17) is 11.6 Å². The first kappa shape index (κ1) is 22.1. The van der Waals surface area contributed by atoms with Crippen molar-refractivity contribution in [2.45, 2.75) is 51.7 Å². The third-order valence-corrected chi connectivity index (χ3v) is 6.59. The van der Waals surface area contributed by atoms with Crippen LogP contribution in [0.3, 0.4) is 0 Å². The van der Waals surface area contributed by atoms with Crippen LogP contribution < -0.4 is 4.90 Å². The number of benzene rings is 2. The summed E-state index contributed by atoms with van der Waals surface area (Å²) in [4.78, 5) is 4.82. The van der Waals surface area contributed by atoms with Gasteiger partial charge in [-0.2, -0.15) is 0 Å². The fourth-order valence-electron chi connectivity index (χ4n) is 4.36. The quantitative estimate of drug-likeness (QED) is 0.567. The van der Waals surface area contributed by atoms with Crippen molar-refractivity contribution in [2.75, 3.05) is 31.1 Å². The summed E-state index contributed by atoms with van der Waals surface area (Å²) in [5.74, 6) is 0.326. The van der Waals surface area contributed by atoms with Crippen molar-refractivity contribution < 1.29 is 5.11 Å². The average molecular weight is 415 g/mol. The summed E-state index contributed by atoms with van der Waals surface area (Å²) in [6.45, 7) is 8.29. The zero-order chi connectivity index (χ0) is 20.6. The van der Waals surface area contributed by atoms with Crippen molar-refractivity contribution in [3.63, 3.8) is 0 Å². The molecular weight excluding hydrogens is 380 g/mol. The van der Waals surface area contributed by atoms with E-state index < -0.39 is 0 Å². The monoisotopic (exact) mass is 414 g/mol. The van der Waals surface area contributed by atoms with Crippen LogP contribution >= 0.6 is 11.6 Å². The normalized spacial score (nSPS) is 18.4. The molecule has 1 N–H and O–H groups in total. The van der Waals surface area contributed by atoms with Gasteiger partial charge in [-0.1, -0.05) is 61.3 Å². The topological polar surface area (TPSA) is 26.7 Å². The van der Waals surface area contributed by atoms with Crippen LogP contribution in [0.2, 0.25) is 5.02 Å². The molecule has 2 aromatic rings. The molecule has 3 atom stereocenters. The van der Waals surface area contributed by atoms with Gasteiger partial charge < -0.3 is 10.0 Å². The van der Waals surface area contributed by atoms with Crippen LogP contribution in [0.25, 0.3) is 0 Å². The van der Waals surface area contributed by atoms with E-state index in [2.05, 4.69) is 60.0 Å². The predicted molar refractivity (Wildman–Crippen MR) is 124 cm³/mol. The first-order chi connectivity index (χ1) is 14.0. The van der Waals surface area contributed by atoms with Gasteiger partial charge in [0.1, 0.15) is 0 Å². The number of aryl methyl sites for hydroxylation is 1. The second kappa shape index (κ2) is 11.0. The van der Waals surface area contributed by atoms with E-state index in [0.29, 0.717) is 5.92 Å². The number of aliphatic hydroxyl groups is 1. The number of anilines is 1. The predicted octanol–water partition coefficient (Wildman–Crippen LogP) is 5.26. The van der Waals surface area contributed by atoms with E-state index in [9.17, 15) is 5.11 Å². The van der Waals surface area contributed by atoms with E-state index in [1.807, 2.05) is 18.2 Å². The van der Waals surface area contributed by atoms with E-state index in [1.54, 1.807) is 0 Å². The summed E-state index contributed by atoms with van der Waals surface area (Å²) in [6.07, 6.45) is 4.30. The van der Waals surface area contributed by atoms with Gasteiger partial charge in [-0.25, -0.2) is 0 Å². The molecule has 0 bridgehead atoms. The Morgan fingerprint density at radius 3 is 2.34 bits per heavy atom. The summed E-state index contributed by atoms with van der Waals surface area (Å²) in [6, 6.07) is 19.0. The van der Waals surface area contributed by atoms with E-state index in [-0.39, 0.29) is 12.1 Å². The number of aliphatic hydroxyl groups excluding tert-OH is 1. The molecule has 1 aliphatic rings. The fourth-order valence-corrected chi connectivity index (χ4v) is 4.55. The number of piperazine rings is 1. The highest BCUT2D eigenvalue weighted by Gasteiger charge is 2.28. The van der Waals surface area contributed by atoms with Crippen LogP contribution in [0.15, 0.2) is 54.6 Å². The van der Waals surface area contributed by atoms with Crippen molar-refractivity contribution in [1.29, 1.82) is 0 Å². The van der Waals surface area contributed by atoms with Crippen LogP contribution in [-0.4, -0.2) is 48.3 Å². The van der Waals surface area contributed by atoms with Gasteiger partial charge in [0.2, 0.25) is 0 Å². The van der Waals surface area contributed by atoms with E-state index >= 15 is 0 Å². The van der Waals surface area contributed by atoms with Crippen molar-refractivity contribution in [3.8, 4) is 0 Å². The molecule has 1 aliphatic heterocycles. The smallest absolute Gasteiger partial charge is 0.0718 e. The van der Waals surface area contributed by atoms with Gasteiger partial charge in [0.05, 0.1) is 6.10 Å². The minimum Gasteiger partial charge on any atom is -0.391 e.